The molecule has 0 spiro atoms. The Hall–Kier alpha value is -3.89. The van der Waals surface area contributed by atoms with Crippen molar-refractivity contribution in [3.63, 3.8) is 0 Å². The summed E-state index contributed by atoms with van der Waals surface area (Å²) < 4.78 is 18.4. The molecule has 3 aromatic carbocycles. The number of carbonyl (C=O) groups is 3. The summed E-state index contributed by atoms with van der Waals surface area (Å²) >= 11 is 6.99. The van der Waals surface area contributed by atoms with Crippen molar-refractivity contribution in [3.05, 3.63) is 98.5 Å². The summed E-state index contributed by atoms with van der Waals surface area (Å²) in [5.74, 6) is 0.00447. The molecular formula is C28H20Br2N2O6. The highest BCUT2D eigenvalue weighted by Gasteiger charge is 2.37. The average Bonchev–Trinajstić information content (AvgIpc) is 3.35. The molecule has 0 radical (unpaired) electrons. The van der Waals surface area contributed by atoms with Crippen LogP contribution in [0.15, 0.2) is 81.8 Å². The van der Waals surface area contributed by atoms with Crippen molar-refractivity contribution >= 4 is 61.5 Å². The van der Waals surface area contributed by atoms with Crippen molar-refractivity contribution in [1.29, 1.82) is 0 Å². The van der Waals surface area contributed by atoms with Crippen molar-refractivity contribution in [2.75, 3.05) is 11.7 Å². The molecule has 0 atom stereocenters. The van der Waals surface area contributed by atoms with E-state index in [0.717, 1.165) is 20.5 Å². The number of carbonyl (C=O) groups excluding carboxylic acids is 3. The summed E-state index contributed by atoms with van der Waals surface area (Å²) in [6.45, 7) is 4.23. The van der Waals surface area contributed by atoms with Crippen LogP contribution in [-0.4, -0.2) is 24.6 Å². The van der Waals surface area contributed by atoms with Gasteiger partial charge in [-0.05, 0) is 81.5 Å². The van der Waals surface area contributed by atoms with Crippen LogP contribution >= 0.6 is 31.9 Å². The molecule has 192 valence electrons. The third-order valence-electron chi connectivity index (χ3n) is 5.83. The predicted molar refractivity (Wildman–Crippen MR) is 148 cm³/mol. The van der Waals surface area contributed by atoms with Crippen molar-refractivity contribution < 1.29 is 28.6 Å². The fraction of sp³-hybridized carbons (Fsp3) is 0.107. The number of hydrogen-bond donors (Lipinski definition) is 1. The van der Waals surface area contributed by atoms with Gasteiger partial charge in [0.2, 0.25) is 6.79 Å². The van der Waals surface area contributed by atoms with Crippen LogP contribution in [0.5, 0.6) is 17.2 Å². The maximum absolute atomic E-state index is 13.3. The molecule has 1 N–H and O–H groups in total. The average molecular weight is 640 g/mol. The van der Waals surface area contributed by atoms with Gasteiger partial charge in [-0.25, -0.2) is 9.69 Å². The largest absolute Gasteiger partial charge is 0.487 e. The summed E-state index contributed by atoms with van der Waals surface area (Å²) in [6, 6.07) is 15.2. The topological polar surface area (TPSA) is 94.2 Å². The molecule has 10 heteroatoms. The van der Waals surface area contributed by atoms with Gasteiger partial charge in [-0.2, -0.15) is 0 Å². The Morgan fingerprint density at radius 2 is 1.76 bits per heavy atom. The Morgan fingerprint density at radius 1 is 1.00 bits per heavy atom. The molecule has 2 heterocycles. The highest BCUT2D eigenvalue weighted by Crippen LogP contribution is 2.37. The van der Waals surface area contributed by atoms with Crippen LogP contribution in [0.1, 0.15) is 16.7 Å². The molecule has 3 aromatic rings. The van der Waals surface area contributed by atoms with E-state index in [1.165, 1.54) is 12.1 Å². The zero-order chi connectivity index (χ0) is 26.8. The number of halogens is 2. The summed E-state index contributed by atoms with van der Waals surface area (Å²) in [4.78, 5) is 39.5. The number of hydrogen-bond acceptors (Lipinski definition) is 6. The van der Waals surface area contributed by atoms with Crippen molar-refractivity contribution in [1.82, 2.24) is 5.32 Å². The SMILES string of the molecule is C=CCc1cc(/C=C2\C(=O)NC(=O)N(c3ccc4c(c3)OCO4)C2=O)cc(Br)c1OCc1ccc(Br)cc1. The molecule has 0 unspecified atom stereocenters. The number of nitrogens with zero attached hydrogens (tertiary/aromatic N) is 1. The highest BCUT2D eigenvalue weighted by molar-refractivity contribution is 9.10. The van der Waals surface area contributed by atoms with Crippen LogP contribution < -0.4 is 24.4 Å². The molecule has 0 bridgehead atoms. The second-order valence-corrected chi connectivity index (χ2v) is 10.2. The first-order valence-electron chi connectivity index (χ1n) is 11.5. The number of barbiturate groups is 1. The van der Waals surface area contributed by atoms with E-state index in [2.05, 4.69) is 43.8 Å². The molecule has 1 fully saturated rings. The highest BCUT2D eigenvalue weighted by atomic mass is 79.9. The van der Waals surface area contributed by atoms with E-state index < -0.39 is 17.8 Å². The fourth-order valence-electron chi connectivity index (χ4n) is 4.04. The second kappa shape index (κ2) is 10.8. The van der Waals surface area contributed by atoms with Gasteiger partial charge in [0, 0.05) is 10.5 Å². The molecule has 8 nitrogen and oxygen atoms in total. The number of nitrogens with one attached hydrogen (secondary N) is 1. The number of imide groups is 2. The number of allylic oxidation sites excluding steroid dienone is 1. The quantitative estimate of drug-likeness (QED) is 0.196. The van der Waals surface area contributed by atoms with Gasteiger partial charge in [0.25, 0.3) is 11.8 Å². The standard InChI is InChI=1S/C28H20Br2N2O6/c1-2-3-18-10-17(12-22(30)25(18)36-14-16-4-6-19(29)7-5-16)11-21-26(33)31-28(35)32(27(21)34)20-8-9-23-24(13-20)38-15-37-23/h2,4-13H,1,3,14-15H2,(H,31,33,35)/b21-11+. The number of ether oxygens (including phenoxy) is 3. The Balaban J connectivity index is 1.45. The minimum absolute atomic E-state index is 0.0489. The lowest BCUT2D eigenvalue weighted by Gasteiger charge is -2.26. The van der Waals surface area contributed by atoms with Gasteiger partial charge < -0.3 is 14.2 Å². The number of fused-ring (bicyclic) bond motifs is 1. The normalized spacial score (nSPS) is 15.6. The molecule has 2 aliphatic heterocycles. The second-order valence-electron chi connectivity index (χ2n) is 8.39. The van der Waals surface area contributed by atoms with Gasteiger partial charge in [-0.1, -0.05) is 34.1 Å². The van der Waals surface area contributed by atoms with Gasteiger partial charge in [0.1, 0.15) is 17.9 Å². The molecule has 2 aliphatic rings. The van der Waals surface area contributed by atoms with Gasteiger partial charge >= 0.3 is 6.03 Å². The van der Waals surface area contributed by atoms with Crippen LogP contribution in [0.25, 0.3) is 6.08 Å². The van der Waals surface area contributed by atoms with Gasteiger partial charge in [-0.15, -0.1) is 6.58 Å². The van der Waals surface area contributed by atoms with Gasteiger partial charge in [0.05, 0.1) is 10.2 Å². The lowest BCUT2D eigenvalue weighted by molar-refractivity contribution is -0.122. The van der Waals surface area contributed by atoms with Crippen molar-refractivity contribution in [3.8, 4) is 17.2 Å². The number of rotatable bonds is 7. The van der Waals surface area contributed by atoms with E-state index in [-0.39, 0.29) is 18.1 Å². The number of urea groups is 1. The number of benzene rings is 3. The minimum atomic E-state index is -0.846. The third kappa shape index (κ3) is 5.23. The summed E-state index contributed by atoms with van der Waals surface area (Å²) in [7, 11) is 0. The Bertz CT molecular complexity index is 1500. The smallest absolute Gasteiger partial charge is 0.335 e. The lowest BCUT2D eigenvalue weighted by atomic mass is 10.0. The monoisotopic (exact) mass is 638 g/mol. The molecule has 38 heavy (non-hydrogen) atoms. The Kier molecular flexibility index (Phi) is 7.35. The van der Waals surface area contributed by atoms with E-state index >= 15 is 0 Å². The van der Waals surface area contributed by atoms with E-state index in [9.17, 15) is 14.4 Å². The molecule has 4 amide bonds. The van der Waals surface area contributed by atoms with E-state index in [4.69, 9.17) is 14.2 Å². The Morgan fingerprint density at radius 3 is 2.53 bits per heavy atom. The van der Waals surface area contributed by atoms with Crippen LogP contribution in [-0.2, 0) is 22.6 Å². The van der Waals surface area contributed by atoms with Crippen LogP contribution in [0.4, 0.5) is 10.5 Å². The van der Waals surface area contributed by atoms with Crippen LogP contribution in [0, 0.1) is 0 Å². The Labute approximate surface area is 235 Å². The molecule has 0 aromatic heterocycles. The minimum Gasteiger partial charge on any atom is -0.487 e. The first-order valence-corrected chi connectivity index (χ1v) is 13.0. The summed E-state index contributed by atoms with van der Waals surface area (Å²) in [5, 5.41) is 2.24. The van der Waals surface area contributed by atoms with E-state index in [1.54, 1.807) is 24.3 Å². The van der Waals surface area contributed by atoms with Crippen molar-refractivity contribution in [2.45, 2.75) is 13.0 Å². The summed E-state index contributed by atoms with van der Waals surface area (Å²) in [6.07, 6.45) is 3.68. The third-order valence-corrected chi connectivity index (χ3v) is 6.95. The molecular weight excluding hydrogens is 620 g/mol. The van der Waals surface area contributed by atoms with Crippen molar-refractivity contribution in [2.24, 2.45) is 0 Å². The van der Waals surface area contributed by atoms with E-state index in [1.807, 2.05) is 30.3 Å². The molecule has 0 aliphatic carbocycles. The van der Waals surface area contributed by atoms with Crippen LogP contribution in [0.3, 0.4) is 0 Å². The van der Waals surface area contributed by atoms with E-state index in [0.29, 0.717) is 40.3 Å². The number of amides is 4. The molecule has 0 saturated carbocycles. The number of anilines is 1. The first-order chi connectivity index (χ1) is 18.3. The van der Waals surface area contributed by atoms with Gasteiger partial charge in [-0.3, -0.25) is 14.9 Å². The molecule has 1 saturated heterocycles. The maximum Gasteiger partial charge on any atom is 0.335 e. The fourth-order valence-corrected chi connectivity index (χ4v) is 4.94. The molecule has 5 rings (SSSR count). The van der Waals surface area contributed by atoms with Gasteiger partial charge in [0.15, 0.2) is 11.5 Å². The lowest BCUT2D eigenvalue weighted by Crippen LogP contribution is -2.54. The zero-order valence-electron chi connectivity index (χ0n) is 19.8. The predicted octanol–water partition coefficient (Wildman–Crippen LogP) is 5.91. The first kappa shape index (κ1) is 25.7. The summed E-state index contributed by atoms with van der Waals surface area (Å²) in [5.41, 5.74) is 2.44. The maximum atomic E-state index is 13.3. The zero-order valence-corrected chi connectivity index (χ0v) is 23.0. The van der Waals surface area contributed by atoms with Crippen LogP contribution in [0.2, 0.25) is 0 Å².